The highest BCUT2D eigenvalue weighted by molar-refractivity contribution is 6.31. The Labute approximate surface area is 163 Å². The second-order valence-corrected chi connectivity index (χ2v) is 7.19. The molecule has 27 heavy (non-hydrogen) atoms. The summed E-state index contributed by atoms with van der Waals surface area (Å²) >= 11 is 6.26. The number of halogens is 1. The van der Waals surface area contributed by atoms with E-state index in [2.05, 4.69) is 34.9 Å². The second kappa shape index (κ2) is 7.09. The molecule has 1 atom stereocenters. The van der Waals surface area contributed by atoms with E-state index in [1.165, 1.54) is 12.7 Å². The van der Waals surface area contributed by atoms with Gasteiger partial charge < -0.3 is 9.30 Å². The van der Waals surface area contributed by atoms with E-state index in [4.69, 9.17) is 16.3 Å². The molecule has 0 N–H and O–H groups in total. The number of methoxy groups -OCH3 is 1. The van der Waals surface area contributed by atoms with Crippen LogP contribution in [0.2, 0.25) is 5.02 Å². The number of rotatable bonds is 4. The maximum absolute atomic E-state index is 12.0. The van der Waals surface area contributed by atoms with E-state index in [-0.39, 0.29) is 11.9 Å². The molecule has 0 aliphatic carbocycles. The molecule has 4 heteroatoms. The lowest BCUT2D eigenvalue weighted by atomic mass is 9.99. The van der Waals surface area contributed by atoms with Gasteiger partial charge in [-0.25, -0.2) is 0 Å². The first kappa shape index (κ1) is 17.6. The van der Waals surface area contributed by atoms with Crippen molar-refractivity contribution in [3.63, 3.8) is 0 Å². The van der Waals surface area contributed by atoms with Crippen molar-refractivity contribution in [3.05, 3.63) is 82.9 Å². The lowest BCUT2D eigenvalue weighted by Crippen LogP contribution is -2.10. The van der Waals surface area contributed by atoms with E-state index < -0.39 is 0 Å². The molecule has 0 saturated heterocycles. The Morgan fingerprint density at radius 3 is 2.52 bits per heavy atom. The predicted octanol–water partition coefficient (Wildman–Crippen LogP) is 5.77. The molecule has 1 aromatic heterocycles. The molecule has 1 unspecified atom stereocenters. The van der Waals surface area contributed by atoms with Crippen molar-refractivity contribution in [2.24, 2.45) is 0 Å². The third kappa shape index (κ3) is 3.19. The van der Waals surface area contributed by atoms with E-state index >= 15 is 0 Å². The van der Waals surface area contributed by atoms with Gasteiger partial charge >= 0.3 is 5.97 Å². The van der Waals surface area contributed by atoms with Gasteiger partial charge in [0.25, 0.3) is 0 Å². The third-order valence-electron chi connectivity index (χ3n) is 5.09. The van der Waals surface area contributed by atoms with Gasteiger partial charge in [-0.1, -0.05) is 54.1 Å². The average Bonchev–Trinajstić information content (AvgIpc) is 3.00. The van der Waals surface area contributed by atoms with Crippen LogP contribution >= 0.6 is 11.6 Å². The number of esters is 1. The molecule has 0 spiro atoms. The fourth-order valence-electron chi connectivity index (χ4n) is 3.61. The van der Waals surface area contributed by atoms with Crippen molar-refractivity contribution in [2.45, 2.75) is 19.4 Å². The number of nitrogens with zero attached hydrogens (tertiary/aromatic N) is 1. The Kier molecular flexibility index (Phi) is 4.63. The van der Waals surface area contributed by atoms with Crippen LogP contribution in [0.25, 0.3) is 21.8 Å². The lowest BCUT2D eigenvalue weighted by Gasteiger charge is -2.12. The predicted molar refractivity (Wildman–Crippen MR) is 110 cm³/mol. The molecule has 136 valence electrons. The quantitative estimate of drug-likeness (QED) is 0.422. The highest BCUT2D eigenvalue weighted by Gasteiger charge is 2.18. The number of fused-ring (bicyclic) bond motifs is 3. The molecular weight excluding hydrogens is 358 g/mol. The number of aromatic nitrogens is 1. The first-order valence-corrected chi connectivity index (χ1v) is 9.29. The van der Waals surface area contributed by atoms with Gasteiger partial charge in [0.1, 0.15) is 0 Å². The van der Waals surface area contributed by atoms with Crippen LogP contribution in [0.4, 0.5) is 0 Å². The van der Waals surface area contributed by atoms with Crippen molar-refractivity contribution in [1.29, 1.82) is 0 Å². The molecule has 0 amide bonds. The maximum atomic E-state index is 12.0. The number of ether oxygens (including phenoxy) is 1. The fraction of sp³-hybridized carbons (Fsp3) is 0.174. The van der Waals surface area contributed by atoms with E-state index in [9.17, 15) is 4.79 Å². The Morgan fingerprint density at radius 1 is 1.00 bits per heavy atom. The summed E-state index contributed by atoms with van der Waals surface area (Å²) < 4.78 is 7.20. The molecule has 0 radical (unpaired) electrons. The summed E-state index contributed by atoms with van der Waals surface area (Å²) in [5.74, 6) is -0.547. The molecule has 0 aliphatic heterocycles. The first-order valence-electron chi connectivity index (χ1n) is 8.91. The van der Waals surface area contributed by atoms with E-state index in [0.29, 0.717) is 5.02 Å². The van der Waals surface area contributed by atoms with Crippen molar-refractivity contribution in [2.75, 3.05) is 7.11 Å². The summed E-state index contributed by atoms with van der Waals surface area (Å²) in [7, 11) is 1.42. The van der Waals surface area contributed by atoms with Crippen LogP contribution in [0.1, 0.15) is 24.0 Å². The Morgan fingerprint density at radius 2 is 1.78 bits per heavy atom. The third-order valence-corrected chi connectivity index (χ3v) is 5.33. The summed E-state index contributed by atoms with van der Waals surface area (Å²) in [4.78, 5) is 12.0. The second-order valence-electron chi connectivity index (χ2n) is 6.75. The van der Waals surface area contributed by atoms with Crippen LogP contribution in [-0.2, 0) is 16.1 Å². The van der Waals surface area contributed by atoms with E-state index in [1.54, 1.807) is 0 Å². The van der Waals surface area contributed by atoms with Crippen molar-refractivity contribution < 1.29 is 9.53 Å². The van der Waals surface area contributed by atoms with Crippen molar-refractivity contribution in [3.8, 4) is 0 Å². The monoisotopic (exact) mass is 377 g/mol. The summed E-state index contributed by atoms with van der Waals surface area (Å²) in [6.07, 6.45) is 0. The van der Waals surface area contributed by atoms with Gasteiger partial charge in [0.05, 0.1) is 13.0 Å². The minimum atomic E-state index is -0.314. The zero-order chi connectivity index (χ0) is 19.0. The van der Waals surface area contributed by atoms with Crippen molar-refractivity contribution in [1.82, 2.24) is 4.57 Å². The van der Waals surface area contributed by atoms with Crippen LogP contribution in [0.5, 0.6) is 0 Å². The highest BCUT2D eigenvalue weighted by Crippen LogP contribution is 2.33. The van der Waals surface area contributed by atoms with Crippen LogP contribution in [0.3, 0.4) is 0 Å². The minimum absolute atomic E-state index is 0.233. The Hall–Kier alpha value is -2.78. The van der Waals surface area contributed by atoms with Gasteiger partial charge in [0, 0.05) is 33.4 Å². The molecule has 0 bridgehead atoms. The molecule has 3 nitrogen and oxygen atoms in total. The summed E-state index contributed by atoms with van der Waals surface area (Å²) in [5, 5.41) is 2.96. The molecule has 1 heterocycles. The van der Waals surface area contributed by atoms with Crippen LogP contribution in [-0.4, -0.2) is 17.6 Å². The number of benzene rings is 3. The van der Waals surface area contributed by atoms with Gasteiger partial charge in [0.15, 0.2) is 0 Å². The molecule has 0 saturated carbocycles. The molecule has 0 fully saturated rings. The molecule has 4 rings (SSSR count). The standard InChI is InChI=1S/C23H20ClNO2/c1-15(23(26)27-2)17-8-10-19-20-13-18(24)9-11-21(20)25(22(19)12-17)14-16-6-4-3-5-7-16/h3-13,15H,14H2,1-2H3. The van der Waals surface area contributed by atoms with Crippen LogP contribution in [0.15, 0.2) is 66.7 Å². The minimum Gasteiger partial charge on any atom is -0.469 e. The average molecular weight is 378 g/mol. The summed E-state index contributed by atoms with van der Waals surface area (Å²) in [5.41, 5.74) is 4.38. The topological polar surface area (TPSA) is 31.2 Å². The number of hydrogen-bond donors (Lipinski definition) is 0. The summed E-state index contributed by atoms with van der Waals surface area (Å²) in [6.45, 7) is 2.62. The fourth-order valence-corrected chi connectivity index (χ4v) is 3.78. The lowest BCUT2D eigenvalue weighted by molar-refractivity contribution is -0.141. The Balaban J connectivity index is 1.94. The molecule has 4 aromatic rings. The maximum Gasteiger partial charge on any atom is 0.312 e. The Bertz CT molecular complexity index is 1130. The number of hydrogen-bond acceptors (Lipinski definition) is 2. The first-order chi connectivity index (χ1) is 13.1. The van der Waals surface area contributed by atoms with E-state index in [1.807, 2.05) is 43.3 Å². The normalized spacial score (nSPS) is 12.4. The van der Waals surface area contributed by atoms with Gasteiger partial charge in [-0.05, 0) is 42.3 Å². The number of carbonyl (C=O) groups excluding carboxylic acids is 1. The molecule has 3 aromatic carbocycles. The zero-order valence-corrected chi connectivity index (χ0v) is 16.0. The smallest absolute Gasteiger partial charge is 0.312 e. The van der Waals surface area contributed by atoms with Gasteiger partial charge in [-0.3, -0.25) is 4.79 Å². The van der Waals surface area contributed by atoms with E-state index in [0.717, 1.165) is 33.9 Å². The van der Waals surface area contributed by atoms with Gasteiger partial charge in [0.2, 0.25) is 0 Å². The molecule has 0 aliphatic rings. The largest absolute Gasteiger partial charge is 0.469 e. The molecular formula is C23H20ClNO2. The highest BCUT2D eigenvalue weighted by atomic mass is 35.5. The number of carbonyl (C=O) groups is 1. The van der Waals surface area contributed by atoms with Gasteiger partial charge in [-0.15, -0.1) is 0 Å². The van der Waals surface area contributed by atoms with Crippen LogP contribution in [0, 0.1) is 0 Å². The van der Waals surface area contributed by atoms with Gasteiger partial charge in [-0.2, -0.15) is 0 Å². The SMILES string of the molecule is COC(=O)C(C)c1ccc2c3cc(Cl)ccc3n(Cc3ccccc3)c2c1. The van der Waals surface area contributed by atoms with Crippen LogP contribution < -0.4 is 0 Å². The van der Waals surface area contributed by atoms with Crippen molar-refractivity contribution >= 4 is 39.4 Å². The zero-order valence-electron chi connectivity index (χ0n) is 15.3. The summed E-state index contributed by atoms with van der Waals surface area (Å²) in [6, 6.07) is 22.5.